The van der Waals surface area contributed by atoms with Crippen LogP contribution in [0.25, 0.3) is 0 Å². The highest BCUT2D eigenvalue weighted by Gasteiger charge is 2.21. The smallest absolute Gasteiger partial charge is 0.250 e. The summed E-state index contributed by atoms with van der Waals surface area (Å²) in [5, 5.41) is 12.5. The van der Waals surface area contributed by atoms with Crippen molar-refractivity contribution in [2.45, 2.75) is 38.8 Å². The lowest BCUT2D eigenvalue weighted by molar-refractivity contribution is 0.270. The Balaban J connectivity index is 2.43. The third-order valence-electron chi connectivity index (χ3n) is 3.39. The van der Waals surface area contributed by atoms with Crippen molar-refractivity contribution in [2.75, 3.05) is 13.2 Å². The summed E-state index contributed by atoms with van der Waals surface area (Å²) in [6.45, 7) is 3.45. The molecule has 1 aromatic rings. The lowest BCUT2D eigenvalue weighted by atomic mass is 9.91. The number of hydrogen-bond acceptors (Lipinski definition) is 3. The fraction of sp³-hybridized carbons (Fsp3) is 0.615. The standard InChI is InChI=1S/C13H20N2O2/c1-2-14-11-4-3-5-12-10(11)6-7-13(17)15(12)8-9-16/h6-7,11,14,16H,2-5,8-9H2,1H3. The average molecular weight is 236 g/mol. The van der Waals surface area contributed by atoms with Crippen LogP contribution in [0.1, 0.15) is 37.1 Å². The molecule has 0 aromatic carbocycles. The normalized spacial score (nSPS) is 19.1. The summed E-state index contributed by atoms with van der Waals surface area (Å²) in [6.07, 6.45) is 3.16. The third kappa shape index (κ3) is 2.42. The number of aliphatic hydroxyl groups is 1. The fourth-order valence-corrected chi connectivity index (χ4v) is 2.67. The van der Waals surface area contributed by atoms with Gasteiger partial charge >= 0.3 is 0 Å². The molecule has 0 saturated heterocycles. The molecule has 0 aliphatic heterocycles. The maximum absolute atomic E-state index is 11.8. The molecule has 0 fully saturated rings. The number of pyridine rings is 1. The molecule has 0 amide bonds. The molecule has 1 aromatic heterocycles. The first-order valence-electron chi connectivity index (χ1n) is 6.34. The van der Waals surface area contributed by atoms with Crippen molar-refractivity contribution >= 4 is 0 Å². The minimum absolute atomic E-state index is 0.00468. The van der Waals surface area contributed by atoms with Gasteiger partial charge in [0.25, 0.3) is 5.56 Å². The van der Waals surface area contributed by atoms with E-state index in [1.165, 1.54) is 5.56 Å². The zero-order chi connectivity index (χ0) is 12.3. The topological polar surface area (TPSA) is 54.3 Å². The molecule has 4 heteroatoms. The lowest BCUT2D eigenvalue weighted by Gasteiger charge is -2.28. The molecule has 1 aliphatic rings. The summed E-state index contributed by atoms with van der Waals surface area (Å²) in [5.74, 6) is 0. The Morgan fingerprint density at radius 2 is 2.35 bits per heavy atom. The first kappa shape index (κ1) is 12.3. The number of fused-ring (bicyclic) bond motifs is 1. The molecule has 0 saturated carbocycles. The van der Waals surface area contributed by atoms with Gasteiger partial charge in [-0.05, 0) is 31.4 Å². The largest absolute Gasteiger partial charge is 0.395 e. The highest BCUT2D eigenvalue weighted by atomic mass is 16.3. The van der Waals surface area contributed by atoms with Crippen LogP contribution >= 0.6 is 0 Å². The zero-order valence-electron chi connectivity index (χ0n) is 10.3. The second-order valence-electron chi connectivity index (χ2n) is 4.45. The predicted molar refractivity (Wildman–Crippen MR) is 67.1 cm³/mol. The summed E-state index contributed by atoms with van der Waals surface area (Å²) in [7, 11) is 0. The van der Waals surface area contributed by atoms with Crippen LogP contribution in [0.5, 0.6) is 0 Å². The van der Waals surface area contributed by atoms with Crippen molar-refractivity contribution < 1.29 is 5.11 Å². The van der Waals surface area contributed by atoms with Crippen molar-refractivity contribution in [3.05, 3.63) is 33.7 Å². The summed E-state index contributed by atoms with van der Waals surface area (Å²) < 4.78 is 1.72. The molecule has 1 heterocycles. The molecule has 0 spiro atoms. The Morgan fingerprint density at radius 3 is 3.06 bits per heavy atom. The molecule has 17 heavy (non-hydrogen) atoms. The van der Waals surface area contributed by atoms with E-state index in [1.54, 1.807) is 10.6 Å². The van der Waals surface area contributed by atoms with Crippen LogP contribution in [0.15, 0.2) is 16.9 Å². The second kappa shape index (κ2) is 5.47. The van der Waals surface area contributed by atoms with E-state index in [0.29, 0.717) is 12.6 Å². The van der Waals surface area contributed by atoms with Crippen LogP contribution in [-0.2, 0) is 13.0 Å². The Hall–Kier alpha value is -1.13. The van der Waals surface area contributed by atoms with Gasteiger partial charge in [-0.2, -0.15) is 0 Å². The van der Waals surface area contributed by atoms with Gasteiger partial charge in [0.15, 0.2) is 0 Å². The van der Waals surface area contributed by atoms with E-state index in [4.69, 9.17) is 5.11 Å². The van der Waals surface area contributed by atoms with Gasteiger partial charge in [0.05, 0.1) is 6.61 Å². The number of aromatic nitrogens is 1. The molecule has 1 aliphatic carbocycles. The van der Waals surface area contributed by atoms with E-state index in [-0.39, 0.29) is 12.2 Å². The number of aliphatic hydroxyl groups excluding tert-OH is 1. The van der Waals surface area contributed by atoms with Gasteiger partial charge in [-0.3, -0.25) is 4.79 Å². The minimum atomic E-state index is -0.00468. The first-order valence-corrected chi connectivity index (χ1v) is 6.34. The summed E-state index contributed by atoms with van der Waals surface area (Å²) in [4.78, 5) is 11.8. The van der Waals surface area contributed by atoms with E-state index in [2.05, 4.69) is 12.2 Å². The zero-order valence-corrected chi connectivity index (χ0v) is 10.3. The van der Waals surface area contributed by atoms with Gasteiger partial charge in [0, 0.05) is 24.3 Å². The van der Waals surface area contributed by atoms with Gasteiger partial charge in [0.2, 0.25) is 0 Å². The maximum atomic E-state index is 11.8. The highest BCUT2D eigenvalue weighted by molar-refractivity contribution is 5.27. The fourth-order valence-electron chi connectivity index (χ4n) is 2.67. The SMILES string of the molecule is CCNC1CCCc2c1ccc(=O)n2CCO. The molecule has 0 bridgehead atoms. The van der Waals surface area contributed by atoms with Crippen LogP contribution in [-0.4, -0.2) is 22.8 Å². The van der Waals surface area contributed by atoms with Crippen molar-refractivity contribution in [3.63, 3.8) is 0 Å². The van der Waals surface area contributed by atoms with E-state index in [9.17, 15) is 4.79 Å². The van der Waals surface area contributed by atoms with E-state index in [0.717, 1.165) is 31.5 Å². The highest BCUT2D eigenvalue weighted by Crippen LogP contribution is 2.28. The first-order chi connectivity index (χ1) is 8.27. The maximum Gasteiger partial charge on any atom is 0.250 e. The Morgan fingerprint density at radius 1 is 1.53 bits per heavy atom. The van der Waals surface area contributed by atoms with E-state index in [1.807, 2.05) is 6.07 Å². The van der Waals surface area contributed by atoms with Gasteiger partial charge in [-0.15, -0.1) is 0 Å². The predicted octanol–water partition coefficient (Wildman–Crippen LogP) is 0.828. The second-order valence-corrected chi connectivity index (χ2v) is 4.45. The Labute approximate surface area is 101 Å². The van der Waals surface area contributed by atoms with Crippen LogP contribution in [0.3, 0.4) is 0 Å². The quantitative estimate of drug-likeness (QED) is 0.814. The number of nitrogens with zero attached hydrogens (tertiary/aromatic N) is 1. The molecule has 1 atom stereocenters. The van der Waals surface area contributed by atoms with Crippen molar-refractivity contribution in [1.29, 1.82) is 0 Å². The molecule has 1 unspecified atom stereocenters. The van der Waals surface area contributed by atoms with Crippen LogP contribution in [0.2, 0.25) is 0 Å². The van der Waals surface area contributed by atoms with Crippen LogP contribution in [0.4, 0.5) is 0 Å². The van der Waals surface area contributed by atoms with E-state index >= 15 is 0 Å². The van der Waals surface area contributed by atoms with Crippen molar-refractivity contribution in [3.8, 4) is 0 Å². The molecular formula is C13H20N2O2. The Kier molecular flexibility index (Phi) is 3.97. The van der Waals surface area contributed by atoms with Gasteiger partial charge < -0.3 is 15.0 Å². The number of nitrogens with one attached hydrogen (secondary N) is 1. The number of rotatable bonds is 4. The minimum Gasteiger partial charge on any atom is -0.395 e. The van der Waals surface area contributed by atoms with Crippen molar-refractivity contribution in [1.82, 2.24) is 9.88 Å². The van der Waals surface area contributed by atoms with Crippen molar-refractivity contribution in [2.24, 2.45) is 0 Å². The van der Waals surface area contributed by atoms with Gasteiger partial charge in [-0.1, -0.05) is 13.0 Å². The van der Waals surface area contributed by atoms with Crippen LogP contribution < -0.4 is 10.9 Å². The molecule has 4 nitrogen and oxygen atoms in total. The van der Waals surface area contributed by atoms with Gasteiger partial charge in [0.1, 0.15) is 0 Å². The monoisotopic (exact) mass is 236 g/mol. The summed E-state index contributed by atoms with van der Waals surface area (Å²) in [5.41, 5.74) is 2.32. The molecule has 0 radical (unpaired) electrons. The summed E-state index contributed by atoms with van der Waals surface area (Å²) in [6, 6.07) is 3.91. The molecular weight excluding hydrogens is 216 g/mol. The van der Waals surface area contributed by atoms with Gasteiger partial charge in [-0.25, -0.2) is 0 Å². The van der Waals surface area contributed by atoms with E-state index < -0.39 is 0 Å². The lowest BCUT2D eigenvalue weighted by Crippen LogP contribution is -2.32. The summed E-state index contributed by atoms with van der Waals surface area (Å²) >= 11 is 0. The third-order valence-corrected chi connectivity index (χ3v) is 3.39. The average Bonchev–Trinajstić information content (AvgIpc) is 2.34. The molecule has 94 valence electrons. The molecule has 2 rings (SSSR count). The van der Waals surface area contributed by atoms with Crippen LogP contribution in [0, 0.1) is 0 Å². The Bertz CT molecular complexity index is 440. The molecule has 2 N–H and O–H groups in total. The number of hydrogen-bond donors (Lipinski definition) is 2.